The molecule has 1 heterocycles. The molecule has 1 aliphatic heterocycles. The number of carbonyl (C=O) groups excluding carboxylic acids is 1. The molecule has 0 aliphatic carbocycles. The Kier molecular flexibility index (Phi) is 14.0. The number of nitrogens with zero attached hydrogens (tertiary/aromatic N) is 1. The number of carbonyl (C=O) groups is 1. The van der Waals surface area contributed by atoms with Gasteiger partial charge < -0.3 is 15.0 Å². The summed E-state index contributed by atoms with van der Waals surface area (Å²) < 4.78 is 5.98. The molecule has 4 nitrogen and oxygen atoms in total. The molecule has 0 atom stereocenters. The van der Waals surface area contributed by atoms with Crippen LogP contribution in [0.15, 0.2) is 53.6 Å². The van der Waals surface area contributed by atoms with E-state index in [1.807, 2.05) is 48.2 Å². The molecule has 3 rings (SSSR count). The van der Waals surface area contributed by atoms with Crippen molar-refractivity contribution in [3.63, 3.8) is 0 Å². The zero-order valence-electron chi connectivity index (χ0n) is 23.3. The highest BCUT2D eigenvalue weighted by Crippen LogP contribution is 2.29. The molecule has 0 unspecified atom stereocenters. The Labute approximate surface area is 239 Å². The van der Waals surface area contributed by atoms with Crippen LogP contribution in [0.1, 0.15) is 107 Å². The average molecular weight is 557 g/mol. The number of allylic oxidation sites excluding steroid dienone is 1. The second-order valence-electron chi connectivity index (χ2n) is 10.3. The number of nitrogens with one attached hydrogen (secondary N) is 1. The zero-order chi connectivity index (χ0) is 27.0. The van der Waals surface area contributed by atoms with Crippen molar-refractivity contribution in [1.82, 2.24) is 4.90 Å². The largest absolute Gasteiger partial charge is 0.492 e. The quantitative estimate of drug-likeness (QED) is 0.185. The van der Waals surface area contributed by atoms with Gasteiger partial charge in [0.2, 0.25) is 0 Å². The van der Waals surface area contributed by atoms with Gasteiger partial charge in [-0.25, -0.2) is 0 Å². The number of amides is 1. The Balaban J connectivity index is 1.38. The Bertz CT molecular complexity index is 1030. The van der Waals surface area contributed by atoms with E-state index >= 15 is 0 Å². The molecule has 0 saturated heterocycles. The van der Waals surface area contributed by atoms with Gasteiger partial charge in [-0.1, -0.05) is 107 Å². The molecule has 38 heavy (non-hydrogen) atoms. The summed E-state index contributed by atoms with van der Waals surface area (Å²) >= 11 is 8.20. The number of hydrogen-bond acceptors (Lipinski definition) is 4. The van der Waals surface area contributed by atoms with Crippen LogP contribution in [0.2, 0.25) is 5.02 Å². The summed E-state index contributed by atoms with van der Waals surface area (Å²) in [7, 11) is 0. The van der Waals surface area contributed by atoms with E-state index in [9.17, 15) is 4.79 Å². The highest BCUT2D eigenvalue weighted by atomic mass is 35.5. The number of thioether (sulfide) groups is 1. The molecule has 1 aliphatic rings. The Morgan fingerprint density at radius 2 is 1.61 bits per heavy atom. The van der Waals surface area contributed by atoms with Gasteiger partial charge in [0.05, 0.1) is 17.5 Å². The third-order valence-electron chi connectivity index (χ3n) is 6.90. The molecule has 2 aromatic rings. The van der Waals surface area contributed by atoms with Gasteiger partial charge in [-0.3, -0.25) is 4.79 Å². The molecule has 2 aromatic carbocycles. The van der Waals surface area contributed by atoms with Crippen molar-refractivity contribution < 1.29 is 9.53 Å². The topological polar surface area (TPSA) is 41.6 Å². The molecule has 0 spiro atoms. The minimum Gasteiger partial charge on any atom is -0.492 e. The Morgan fingerprint density at radius 3 is 2.26 bits per heavy atom. The molecular formula is C32H45ClN2O2S. The van der Waals surface area contributed by atoms with Crippen LogP contribution in [0, 0.1) is 0 Å². The van der Waals surface area contributed by atoms with Gasteiger partial charge in [0.1, 0.15) is 5.75 Å². The Hall–Kier alpha value is -2.11. The monoisotopic (exact) mass is 556 g/mol. The first kappa shape index (κ1) is 30.4. The van der Waals surface area contributed by atoms with Crippen LogP contribution >= 0.6 is 23.4 Å². The first-order chi connectivity index (χ1) is 18.6. The number of rotatable bonds is 18. The highest BCUT2D eigenvalue weighted by molar-refractivity contribution is 8.03. The lowest BCUT2D eigenvalue weighted by molar-refractivity contribution is 0.102. The van der Waals surface area contributed by atoms with Crippen molar-refractivity contribution in [1.29, 1.82) is 0 Å². The van der Waals surface area contributed by atoms with Crippen molar-refractivity contribution in [2.75, 3.05) is 17.8 Å². The Morgan fingerprint density at radius 1 is 0.947 bits per heavy atom. The predicted molar refractivity (Wildman–Crippen MR) is 164 cm³/mol. The van der Waals surface area contributed by atoms with Crippen LogP contribution in [0.5, 0.6) is 5.75 Å². The minimum absolute atomic E-state index is 0.123. The summed E-state index contributed by atoms with van der Waals surface area (Å²) in [5.41, 5.74) is 2.38. The minimum atomic E-state index is -0.123. The smallest absolute Gasteiger partial charge is 0.256 e. The maximum Gasteiger partial charge on any atom is 0.256 e. The van der Waals surface area contributed by atoms with E-state index in [1.165, 1.54) is 75.5 Å². The molecule has 0 radical (unpaired) electrons. The van der Waals surface area contributed by atoms with E-state index in [-0.39, 0.29) is 5.91 Å². The van der Waals surface area contributed by atoms with Gasteiger partial charge in [-0.15, -0.1) is 11.8 Å². The number of benzene rings is 2. The van der Waals surface area contributed by atoms with Gasteiger partial charge in [-0.05, 0) is 42.0 Å². The second-order valence-corrected chi connectivity index (χ2v) is 11.9. The first-order valence-electron chi connectivity index (χ1n) is 14.4. The number of hydrogen-bond donors (Lipinski definition) is 1. The number of anilines is 1. The standard InChI is InChI=1S/C32H45ClN2O2S/c1-3-4-5-6-7-8-9-10-11-12-13-16-21-37-31-22-28(19-20-30(31)33)34-32(36)29-18-15-14-17-27(29)24-35-23-26(2)38-25-35/h14-15,17-20,22-23H,3-13,16,21,24-25H2,1-2H3,(H,34,36). The fraction of sp³-hybridized carbons (Fsp3) is 0.531. The van der Waals surface area contributed by atoms with Crippen LogP contribution in [0.4, 0.5) is 5.69 Å². The SMILES string of the molecule is CCCCCCCCCCCCCCOc1cc(NC(=O)c2ccccc2CN2C=C(C)SC2)ccc1Cl. The van der Waals surface area contributed by atoms with Crippen LogP contribution in [0.25, 0.3) is 0 Å². The molecule has 1 amide bonds. The van der Waals surface area contributed by atoms with Crippen LogP contribution in [-0.4, -0.2) is 23.3 Å². The van der Waals surface area contributed by atoms with E-state index < -0.39 is 0 Å². The van der Waals surface area contributed by atoms with Crippen molar-refractivity contribution >= 4 is 35.0 Å². The maximum absolute atomic E-state index is 13.1. The molecule has 0 fully saturated rings. The highest BCUT2D eigenvalue weighted by Gasteiger charge is 2.16. The third kappa shape index (κ3) is 10.9. The molecule has 0 bridgehead atoms. The van der Waals surface area contributed by atoms with Crippen molar-refractivity contribution in [2.24, 2.45) is 0 Å². The van der Waals surface area contributed by atoms with Crippen LogP contribution in [-0.2, 0) is 6.54 Å². The van der Waals surface area contributed by atoms with Gasteiger partial charge in [0.15, 0.2) is 0 Å². The molecule has 0 saturated carbocycles. The summed E-state index contributed by atoms with van der Waals surface area (Å²) in [4.78, 5) is 16.7. The summed E-state index contributed by atoms with van der Waals surface area (Å²) in [5.74, 6) is 1.41. The molecular weight excluding hydrogens is 512 g/mol. The molecule has 0 aromatic heterocycles. The van der Waals surface area contributed by atoms with Crippen LogP contribution in [0.3, 0.4) is 0 Å². The van der Waals surface area contributed by atoms with Crippen molar-refractivity contribution in [2.45, 2.75) is 97.4 Å². The van der Waals surface area contributed by atoms with Gasteiger partial charge in [0.25, 0.3) is 5.91 Å². The van der Waals surface area contributed by atoms with Crippen LogP contribution < -0.4 is 10.1 Å². The number of ether oxygens (including phenoxy) is 1. The third-order valence-corrected chi connectivity index (χ3v) is 8.24. The summed E-state index contributed by atoms with van der Waals surface area (Å²) in [6.07, 6.45) is 17.9. The summed E-state index contributed by atoms with van der Waals surface area (Å²) in [6.45, 7) is 5.73. The molecule has 6 heteroatoms. The zero-order valence-corrected chi connectivity index (χ0v) is 24.8. The molecule has 208 valence electrons. The van der Waals surface area contributed by atoms with Crippen molar-refractivity contribution in [3.8, 4) is 5.75 Å². The van der Waals surface area contributed by atoms with E-state index in [2.05, 4.69) is 30.3 Å². The van der Waals surface area contributed by atoms with Gasteiger partial charge in [-0.2, -0.15) is 0 Å². The van der Waals surface area contributed by atoms with Gasteiger partial charge >= 0.3 is 0 Å². The lowest BCUT2D eigenvalue weighted by Crippen LogP contribution is -2.19. The van der Waals surface area contributed by atoms with E-state index in [4.69, 9.17) is 16.3 Å². The fourth-order valence-corrected chi connectivity index (χ4v) is 5.65. The maximum atomic E-state index is 13.1. The summed E-state index contributed by atoms with van der Waals surface area (Å²) in [5, 5.41) is 3.60. The normalized spacial score (nSPS) is 13.0. The number of unbranched alkanes of at least 4 members (excludes halogenated alkanes) is 11. The second kappa shape index (κ2) is 17.5. The first-order valence-corrected chi connectivity index (χ1v) is 15.8. The average Bonchev–Trinajstić information content (AvgIpc) is 3.33. The number of halogens is 1. The van der Waals surface area contributed by atoms with Crippen molar-refractivity contribution in [3.05, 3.63) is 69.7 Å². The van der Waals surface area contributed by atoms with E-state index in [0.717, 1.165) is 17.9 Å². The lowest BCUT2D eigenvalue weighted by Gasteiger charge is -2.17. The molecule has 1 N–H and O–H groups in total. The van der Waals surface area contributed by atoms with E-state index in [0.29, 0.717) is 35.2 Å². The summed E-state index contributed by atoms with van der Waals surface area (Å²) in [6, 6.07) is 13.2. The van der Waals surface area contributed by atoms with Gasteiger partial charge in [0, 0.05) is 30.1 Å². The van der Waals surface area contributed by atoms with E-state index in [1.54, 1.807) is 6.07 Å². The fourth-order valence-electron chi connectivity index (χ4n) is 4.72. The predicted octanol–water partition coefficient (Wildman–Crippen LogP) is 10.0. The lowest BCUT2D eigenvalue weighted by atomic mass is 10.1.